The molecule has 1 fully saturated rings. The zero-order chi connectivity index (χ0) is 21.8. The lowest BCUT2D eigenvalue weighted by Gasteiger charge is -2.33. The van der Waals surface area contributed by atoms with Gasteiger partial charge in [0.25, 0.3) is 11.5 Å². The van der Waals surface area contributed by atoms with E-state index in [4.69, 9.17) is 4.74 Å². The Morgan fingerprint density at radius 2 is 2.00 bits per heavy atom. The first-order chi connectivity index (χ1) is 14.9. The molecule has 2 aromatic heterocycles. The molecule has 5 rings (SSSR count). The second-order valence-electron chi connectivity index (χ2n) is 8.12. The SMILES string of the molecule is COc1ccc2c(c1)CCC[C@]21NC(=O)N(Cc2cc(=O)n3cc(C)ccc3n2)C1=O. The molecule has 1 aliphatic carbocycles. The van der Waals surface area contributed by atoms with Crippen molar-refractivity contribution in [2.75, 3.05) is 7.11 Å². The number of hydrogen-bond donors (Lipinski definition) is 1. The molecule has 0 radical (unpaired) electrons. The van der Waals surface area contributed by atoms with E-state index in [1.165, 1.54) is 10.5 Å². The summed E-state index contributed by atoms with van der Waals surface area (Å²) in [5.41, 5.74) is 2.26. The smallest absolute Gasteiger partial charge is 0.325 e. The molecule has 1 N–H and O–H groups in total. The molecule has 1 aromatic carbocycles. The number of imide groups is 1. The number of rotatable bonds is 3. The summed E-state index contributed by atoms with van der Waals surface area (Å²) in [5.74, 6) is 0.412. The number of nitrogens with zero attached hydrogens (tertiary/aromatic N) is 3. The van der Waals surface area contributed by atoms with Crippen LogP contribution in [0.3, 0.4) is 0 Å². The summed E-state index contributed by atoms with van der Waals surface area (Å²) >= 11 is 0. The lowest BCUT2D eigenvalue weighted by Crippen LogP contribution is -2.46. The van der Waals surface area contributed by atoms with Crippen LogP contribution in [0.15, 0.2) is 47.4 Å². The molecule has 3 aromatic rings. The fraction of sp³-hybridized carbons (Fsp3) is 0.304. The molecule has 1 atom stereocenters. The summed E-state index contributed by atoms with van der Waals surface area (Å²) in [6.07, 6.45) is 3.83. The third-order valence-electron chi connectivity index (χ3n) is 6.13. The number of hydrogen-bond acceptors (Lipinski definition) is 5. The Morgan fingerprint density at radius 1 is 1.16 bits per heavy atom. The van der Waals surface area contributed by atoms with Gasteiger partial charge in [-0.05, 0) is 61.1 Å². The molecule has 0 unspecified atom stereocenters. The van der Waals surface area contributed by atoms with Crippen LogP contribution in [-0.4, -0.2) is 33.3 Å². The predicted octanol–water partition coefficient (Wildman–Crippen LogP) is 2.30. The highest BCUT2D eigenvalue weighted by molar-refractivity contribution is 6.07. The number of carbonyl (C=O) groups is 2. The van der Waals surface area contributed by atoms with Crippen molar-refractivity contribution in [1.82, 2.24) is 19.6 Å². The van der Waals surface area contributed by atoms with Crippen LogP contribution in [0.25, 0.3) is 5.65 Å². The third-order valence-corrected chi connectivity index (χ3v) is 6.13. The van der Waals surface area contributed by atoms with E-state index in [2.05, 4.69) is 10.3 Å². The Balaban J connectivity index is 1.50. The first kappa shape index (κ1) is 19.3. The quantitative estimate of drug-likeness (QED) is 0.659. The Morgan fingerprint density at radius 3 is 2.81 bits per heavy atom. The summed E-state index contributed by atoms with van der Waals surface area (Å²) in [6.45, 7) is 1.83. The van der Waals surface area contributed by atoms with E-state index < -0.39 is 11.6 Å². The number of nitrogens with one attached hydrogen (secondary N) is 1. The van der Waals surface area contributed by atoms with Gasteiger partial charge in [-0.15, -0.1) is 0 Å². The topological polar surface area (TPSA) is 93.0 Å². The number of urea groups is 1. The zero-order valence-electron chi connectivity index (χ0n) is 17.3. The van der Waals surface area contributed by atoms with Crippen LogP contribution in [0.4, 0.5) is 4.79 Å². The molecule has 1 spiro atoms. The van der Waals surface area contributed by atoms with Crippen molar-refractivity contribution in [2.24, 2.45) is 0 Å². The van der Waals surface area contributed by atoms with Gasteiger partial charge in [-0.1, -0.05) is 12.1 Å². The molecule has 8 heteroatoms. The molecule has 1 aliphatic heterocycles. The van der Waals surface area contributed by atoms with E-state index in [1.807, 2.05) is 31.2 Å². The molecule has 1 saturated heterocycles. The number of carbonyl (C=O) groups excluding carboxylic acids is 2. The van der Waals surface area contributed by atoms with Crippen molar-refractivity contribution in [3.8, 4) is 5.75 Å². The molecule has 158 valence electrons. The highest BCUT2D eigenvalue weighted by atomic mass is 16.5. The standard InChI is InChI=1S/C23H22N4O4/c1-14-5-8-19-24-16(11-20(28)26(19)12-14)13-27-21(29)23(25-22(27)30)9-3-4-15-10-17(31-2)6-7-18(15)23/h5-8,10-12H,3-4,9,13H2,1-2H3,(H,25,30)/t23-/m0/s1. The number of aromatic nitrogens is 2. The minimum Gasteiger partial charge on any atom is -0.497 e. The van der Waals surface area contributed by atoms with Crippen LogP contribution in [0.5, 0.6) is 5.75 Å². The van der Waals surface area contributed by atoms with Gasteiger partial charge in [0.15, 0.2) is 0 Å². The fourth-order valence-electron chi connectivity index (χ4n) is 4.62. The lowest BCUT2D eigenvalue weighted by atomic mass is 9.76. The van der Waals surface area contributed by atoms with Gasteiger partial charge in [0.05, 0.1) is 19.3 Å². The van der Waals surface area contributed by atoms with Crippen LogP contribution in [-0.2, 0) is 23.3 Å². The van der Waals surface area contributed by atoms with E-state index in [9.17, 15) is 14.4 Å². The van der Waals surface area contributed by atoms with E-state index in [1.54, 1.807) is 19.4 Å². The lowest BCUT2D eigenvalue weighted by molar-refractivity contribution is -0.132. The Labute approximate surface area is 178 Å². The molecule has 8 nitrogen and oxygen atoms in total. The second-order valence-corrected chi connectivity index (χ2v) is 8.12. The molecule has 0 saturated carbocycles. The van der Waals surface area contributed by atoms with Crippen LogP contribution in [0.1, 0.15) is 35.2 Å². The molecule has 0 bridgehead atoms. The van der Waals surface area contributed by atoms with E-state index in [-0.39, 0.29) is 18.0 Å². The van der Waals surface area contributed by atoms with Crippen LogP contribution in [0, 0.1) is 6.92 Å². The average molecular weight is 418 g/mol. The van der Waals surface area contributed by atoms with Gasteiger partial charge in [-0.3, -0.25) is 18.9 Å². The van der Waals surface area contributed by atoms with Crippen molar-refractivity contribution in [3.05, 3.63) is 75.3 Å². The van der Waals surface area contributed by atoms with Crippen molar-refractivity contribution in [3.63, 3.8) is 0 Å². The molecule has 3 amide bonds. The maximum Gasteiger partial charge on any atom is 0.325 e. The van der Waals surface area contributed by atoms with Crippen LogP contribution < -0.4 is 15.6 Å². The van der Waals surface area contributed by atoms with Crippen molar-refractivity contribution < 1.29 is 14.3 Å². The number of amides is 3. The summed E-state index contributed by atoms with van der Waals surface area (Å²) < 4.78 is 6.77. The number of ether oxygens (including phenoxy) is 1. The molecular weight excluding hydrogens is 396 g/mol. The summed E-state index contributed by atoms with van der Waals surface area (Å²) in [6, 6.07) is 10.1. The molecule has 2 aliphatic rings. The molecule has 3 heterocycles. The highest BCUT2D eigenvalue weighted by Crippen LogP contribution is 2.41. The largest absolute Gasteiger partial charge is 0.497 e. The van der Waals surface area contributed by atoms with Crippen molar-refractivity contribution in [2.45, 2.75) is 38.3 Å². The summed E-state index contributed by atoms with van der Waals surface area (Å²) in [5, 5.41) is 2.93. The number of pyridine rings is 1. The number of methoxy groups -OCH3 is 1. The van der Waals surface area contributed by atoms with Gasteiger partial charge in [-0.2, -0.15) is 0 Å². The van der Waals surface area contributed by atoms with Gasteiger partial charge in [0.2, 0.25) is 0 Å². The number of benzene rings is 1. The van der Waals surface area contributed by atoms with E-state index in [0.717, 1.165) is 40.2 Å². The predicted molar refractivity (Wildman–Crippen MR) is 113 cm³/mol. The first-order valence-corrected chi connectivity index (χ1v) is 10.2. The number of fused-ring (bicyclic) bond motifs is 3. The maximum atomic E-state index is 13.5. The number of aryl methyl sites for hydroxylation is 2. The van der Waals surface area contributed by atoms with Gasteiger partial charge in [-0.25, -0.2) is 9.78 Å². The zero-order valence-corrected chi connectivity index (χ0v) is 17.3. The van der Waals surface area contributed by atoms with Crippen molar-refractivity contribution in [1.29, 1.82) is 0 Å². The monoisotopic (exact) mass is 418 g/mol. The summed E-state index contributed by atoms with van der Waals surface area (Å²) in [4.78, 5) is 44.5. The van der Waals surface area contributed by atoms with Crippen molar-refractivity contribution >= 4 is 17.6 Å². The van der Waals surface area contributed by atoms with Crippen LogP contribution in [0.2, 0.25) is 0 Å². The second kappa shape index (κ2) is 6.94. The molecular formula is C23H22N4O4. The summed E-state index contributed by atoms with van der Waals surface area (Å²) in [7, 11) is 1.60. The van der Waals surface area contributed by atoms with Gasteiger partial charge in [0.1, 0.15) is 16.9 Å². The van der Waals surface area contributed by atoms with Gasteiger partial charge >= 0.3 is 6.03 Å². The molecule has 31 heavy (non-hydrogen) atoms. The fourth-order valence-corrected chi connectivity index (χ4v) is 4.62. The van der Waals surface area contributed by atoms with E-state index in [0.29, 0.717) is 17.8 Å². The first-order valence-electron chi connectivity index (χ1n) is 10.2. The van der Waals surface area contributed by atoms with Gasteiger partial charge < -0.3 is 10.1 Å². The minimum absolute atomic E-state index is 0.0580. The van der Waals surface area contributed by atoms with Gasteiger partial charge in [0, 0.05) is 12.3 Å². The third kappa shape index (κ3) is 2.98. The maximum absolute atomic E-state index is 13.5. The Kier molecular flexibility index (Phi) is 4.32. The van der Waals surface area contributed by atoms with Crippen LogP contribution >= 0.6 is 0 Å². The Bertz CT molecular complexity index is 1300. The van der Waals surface area contributed by atoms with E-state index >= 15 is 0 Å². The highest BCUT2D eigenvalue weighted by Gasteiger charge is 2.54. The average Bonchev–Trinajstić information content (AvgIpc) is 2.99. The normalized spacial score (nSPS) is 20.3. The minimum atomic E-state index is -1.08. The Hall–Kier alpha value is -3.68.